The number of amides is 2. The lowest BCUT2D eigenvalue weighted by Crippen LogP contribution is -2.62. The van der Waals surface area contributed by atoms with E-state index in [1.807, 2.05) is 38.9 Å². The van der Waals surface area contributed by atoms with Gasteiger partial charge in [0.1, 0.15) is 30.1 Å². The molecule has 34 nitrogen and oxygen atoms in total. The van der Waals surface area contributed by atoms with Crippen LogP contribution in [-0.2, 0) is 57.3 Å². The maximum atomic E-state index is 13.9. The van der Waals surface area contributed by atoms with Crippen molar-refractivity contribution in [2.45, 2.75) is 220 Å². The number of allylic oxidation sites excluding steroid dienone is 12. The van der Waals surface area contributed by atoms with E-state index >= 15 is 0 Å². The number of likely N-dealkylation sites (N-methyl/N-ethyl adjacent to an activating group) is 3. The van der Waals surface area contributed by atoms with E-state index in [9.17, 15) is 94.2 Å². The van der Waals surface area contributed by atoms with Gasteiger partial charge in [-0.25, -0.2) is 0 Å². The number of carboxylic acid groups (broad SMARTS) is 4. The van der Waals surface area contributed by atoms with Crippen molar-refractivity contribution in [3.8, 4) is 0 Å². The van der Waals surface area contributed by atoms with Crippen LogP contribution in [0.2, 0.25) is 0 Å². The molecule has 2 amide bonds. The fourth-order valence-corrected chi connectivity index (χ4v) is 11.7. The number of anilines is 1. The van der Waals surface area contributed by atoms with Crippen LogP contribution in [-0.4, -0.2) is 299 Å². The minimum atomic E-state index is -2.29. The number of nitrogens with one attached hydrogen (secondary N) is 1. The smallest absolute Gasteiger partial charge is 0.321 e. The zero-order valence-electron chi connectivity index (χ0n) is 63.1. The third kappa shape index (κ3) is 39.2. The lowest BCUT2D eigenvalue weighted by Gasteiger charge is -2.46. The van der Waals surface area contributed by atoms with Crippen LogP contribution in [0.5, 0.6) is 0 Å². The van der Waals surface area contributed by atoms with Crippen LogP contribution in [0.1, 0.15) is 121 Å². The molecule has 109 heavy (non-hydrogen) atoms. The van der Waals surface area contributed by atoms with Crippen LogP contribution >= 0.6 is 0 Å². The third-order valence-electron chi connectivity index (χ3n) is 17.6. The van der Waals surface area contributed by atoms with Gasteiger partial charge in [0, 0.05) is 75.8 Å². The number of hydrogen-bond acceptors (Lipinski definition) is 28. The fourth-order valence-electron chi connectivity index (χ4n) is 11.7. The summed E-state index contributed by atoms with van der Waals surface area (Å²) in [5, 5.41) is 146. The van der Waals surface area contributed by atoms with Gasteiger partial charge in [-0.1, -0.05) is 98.9 Å². The second kappa shape index (κ2) is 50.3. The number of aliphatic carboxylic acids is 4. The highest BCUT2D eigenvalue weighted by Gasteiger charge is 2.51. The normalized spacial score (nSPS) is 31.3. The first-order chi connectivity index (χ1) is 51.0. The number of aliphatic hydroxyl groups excluding tert-OH is 9. The number of cyclic esters (lactones) is 1. The number of nitrogens with two attached hydrogens (primary N) is 3. The number of aliphatic hydroxyl groups is 10. The maximum Gasteiger partial charge on any atom is 0.321 e. The zero-order chi connectivity index (χ0) is 82.4. The molecule has 16 unspecified atom stereocenters. The second-order valence-electron chi connectivity index (χ2n) is 28.2. The number of rotatable bonds is 22. The Hall–Kier alpha value is -7.69. The van der Waals surface area contributed by atoms with Crippen LogP contribution in [0.25, 0.3) is 0 Å². The van der Waals surface area contributed by atoms with Crippen LogP contribution < -0.4 is 27.4 Å². The van der Waals surface area contributed by atoms with E-state index in [2.05, 4.69) is 5.32 Å². The summed E-state index contributed by atoms with van der Waals surface area (Å²) in [6, 6.07) is 2.82. The lowest BCUT2D eigenvalue weighted by molar-refractivity contribution is -0.307. The van der Waals surface area contributed by atoms with E-state index in [-0.39, 0.29) is 56.4 Å². The van der Waals surface area contributed by atoms with Gasteiger partial charge in [0.2, 0.25) is 11.8 Å². The summed E-state index contributed by atoms with van der Waals surface area (Å²) in [6.45, 7) is 6.11. The highest BCUT2D eigenvalue weighted by Crippen LogP contribution is 2.38. The van der Waals surface area contributed by atoms with Crippen molar-refractivity contribution in [1.29, 1.82) is 0 Å². The number of Topliss-reactive ketones (excluding diaryl/α,β-unsaturated/α-hetero) is 2. The Labute approximate surface area is 635 Å². The van der Waals surface area contributed by atoms with Crippen molar-refractivity contribution < 1.29 is 134 Å². The number of esters is 1. The molecule has 2 bridgehead atoms. The SMILES string of the molecule is CC1/C=C/C=C/C=C/C=C/C=C/C=C/C=C/C(O[C@@H]2O[C@H](C)[C@@H](O)[C@H](N)[C@@H]2O)CC2OC(O)(CC(O)CC(O)CC(O)CC(O)CC(=O)CC(O)CC(=O)OC1C(C)CCC(O)CC(=O)c1ccc(N(C)C(=O)CN(C)C)cc1)CC(O)C2C(=O)NCCN(C)C.NC(CC(=O)O)C(=O)O.NC(CC(=O)O)C(=O)O. The highest BCUT2D eigenvalue weighted by molar-refractivity contribution is 5.98. The second-order valence-corrected chi connectivity index (χ2v) is 28.2. The Morgan fingerprint density at radius 2 is 1.14 bits per heavy atom. The van der Waals surface area contributed by atoms with Crippen molar-refractivity contribution >= 4 is 58.9 Å². The van der Waals surface area contributed by atoms with Gasteiger partial charge in [-0.15, -0.1) is 0 Å². The largest absolute Gasteiger partial charge is 0.481 e. The zero-order valence-corrected chi connectivity index (χ0v) is 63.1. The van der Waals surface area contributed by atoms with Crippen molar-refractivity contribution in [2.24, 2.45) is 35.0 Å². The summed E-state index contributed by atoms with van der Waals surface area (Å²) < 4.78 is 24.3. The van der Waals surface area contributed by atoms with E-state index in [0.29, 0.717) is 24.2 Å². The Morgan fingerprint density at radius 1 is 0.633 bits per heavy atom. The molecule has 0 aliphatic carbocycles. The maximum absolute atomic E-state index is 13.9. The quantitative estimate of drug-likeness (QED) is 0.0517. The van der Waals surface area contributed by atoms with E-state index < -0.39 is 221 Å². The molecule has 0 spiro atoms. The predicted molar refractivity (Wildman–Crippen MR) is 397 cm³/mol. The molecule has 1 aromatic carbocycles. The van der Waals surface area contributed by atoms with Crippen LogP contribution in [0.3, 0.4) is 0 Å². The molecule has 34 heteroatoms. The summed E-state index contributed by atoms with van der Waals surface area (Å²) in [5.74, 6) is -11.8. The molecule has 3 aliphatic rings. The molecule has 0 aromatic heterocycles. The van der Waals surface area contributed by atoms with Crippen LogP contribution in [0.15, 0.2) is 109 Å². The lowest BCUT2D eigenvalue weighted by atomic mass is 9.82. The monoisotopic (exact) mass is 1550 g/mol. The number of fused-ring (bicyclic) bond motifs is 2. The molecular weight excluding hydrogens is 1430 g/mol. The first-order valence-corrected chi connectivity index (χ1v) is 35.9. The van der Waals surface area contributed by atoms with Crippen molar-refractivity contribution in [3.05, 3.63) is 115 Å². The molecule has 4 rings (SSSR count). The number of ketones is 2. The average Bonchev–Trinajstić information content (AvgIpc) is 0.826. The molecule has 614 valence electrons. The summed E-state index contributed by atoms with van der Waals surface area (Å²) in [7, 11) is 8.86. The number of carbonyl (C=O) groups is 9. The molecule has 21 N–H and O–H groups in total. The molecule has 1 aromatic rings. The molecule has 0 radical (unpaired) electrons. The average molecular weight is 1550 g/mol. The van der Waals surface area contributed by atoms with Crippen molar-refractivity contribution in [2.75, 3.05) is 59.8 Å². The first-order valence-electron chi connectivity index (χ1n) is 35.9. The number of nitrogens with zero attached hydrogens (tertiary/aromatic N) is 3. The Morgan fingerprint density at radius 3 is 1.64 bits per heavy atom. The summed E-state index contributed by atoms with van der Waals surface area (Å²) in [4.78, 5) is 111. The number of ether oxygens (including phenoxy) is 4. The Balaban J connectivity index is 0.00000197. The molecular formula is C75H117N7O27. The van der Waals surface area contributed by atoms with Gasteiger partial charge in [0.05, 0.1) is 105 Å². The van der Waals surface area contributed by atoms with E-state index in [1.165, 1.54) is 4.90 Å². The molecule has 0 saturated carbocycles. The molecule has 21 atom stereocenters. The summed E-state index contributed by atoms with van der Waals surface area (Å²) in [5.41, 5.74) is 16.8. The first kappa shape index (κ1) is 97.4. The van der Waals surface area contributed by atoms with Gasteiger partial charge in [-0.3, -0.25) is 43.2 Å². The van der Waals surface area contributed by atoms with E-state index in [0.717, 1.165) is 0 Å². The summed E-state index contributed by atoms with van der Waals surface area (Å²) in [6.07, 6.45) is 1.66. The van der Waals surface area contributed by atoms with Gasteiger partial charge in [-0.05, 0) is 97.4 Å². The minimum Gasteiger partial charge on any atom is -0.481 e. The minimum absolute atomic E-state index is 0.124. The topological polar surface area (TPSA) is 574 Å². The number of carboxylic acids is 4. The number of benzene rings is 1. The van der Waals surface area contributed by atoms with E-state index in [1.54, 1.807) is 136 Å². The fraction of sp³-hybridized carbons (Fsp3) is 0.613. The van der Waals surface area contributed by atoms with Crippen molar-refractivity contribution in [3.63, 3.8) is 0 Å². The van der Waals surface area contributed by atoms with Crippen LogP contribution in [0, 0.1) is 17.8 Å². The Kier molecular flexibility index (Phi) is 44.9. The van der Waals surface area contributed by atoms with Gasteiger partial charge in [-0.2, -0.15) is 0 Å². The molecule has 2 saturated heterocycles. The third-order valence-corrected chi connectivity index (χ3v) is 17.6. The predicted octanol–water partition coefficient (Wildman–Crippen LogP) is -0.432. The van der Waals surface area contributed by atoms with Crippen LogP contribution in [0.4, 0.5) is 5.69 Å². The highest BCUT2D eigenvalue weighted by atomic mass is 16.7. The van der Waals surface area contributed by atoms with Gasteiger partial charge in [0.15, 0.2) is 17.9 Å². The van der Waals surface area contributed by atoms with E-state index in [4.69, 9.17) is 56.6 Å². The number of carbonyl (C=O) groups excluding carboxylic acids is 5. The van der Waals surface area contributed by atoms with Gasteiger partial charge < -0.3 is 128 Å². The molecule has 2 fully saturated rings. The standard InChI is InChI=1S/C67H103N5O19.2C4H7NO4/c1-42-21-19-17-15-13-11-9-10-12-14-16-18-20-22-54(89-66-63(85)61(68)62(84)44(3)88-66)38-57-60(65(86)69-29-30-70(4)5)56(81)40-67(87,91-57)39-53(79)35-51(77)33-49(75)31-48(74)32-50(76)34-52(78)37-59(83)90-64(42)43(2)23-28-47(73)36-55(80)45-24-26-46(27-25-45)72(8)58(82)41-71(6)7;2*5-2(4(8)9)1-3(6)7/h9-22,24-27,42-44,47-49,51-54,56-57,60-64,66,73-75,77-79,81,84-85,87H,23,28-41,68H2,1-8H3,(H,69,86);2*2H,1,5H2,(H,6,7)(H,8,9)/b10-9+,13-11+,14-12+,17-15+,18-16+,21-19+,22-20+;;/t42?,43?,44-,47?,48?,49?,51?,52?,53?,54?,56?,57?,60?,61+,62-,63+,64?,66+,67?;;/m1../s1. The van der Waals surface area contributed by atoms with Gasteiger partial charge >= 0.3 is 29.8 Å². The van der Waals surface area contributed by atoms with Crippen molar-refractivity contribution in [1.82, 2.24) is 15.1 Å². The van der Waals surface area contributed by atoms with Gasteiger partial charge in [0.25, 0.3) is 0 Å². The molecule has 3 aliphatic heterocycles. The number of hydrogen-bond donors (Lipinski definition) is 18. The summed E-state index contributed by atoms with van der Waals surface area (Å²) >= 11 is 0. The Bertz CT molecular complexity index is 3190. The molecule has 3 heterocycles.